The van der Waals surface area contributed by atoms with Gasteiger partial charge in [0.2, 0.25) is 5.91 Å². The average molecular weight is 204 g/mol. The van der Waals surface area contributed by atoms with E-state index in [1.807, 2.05) is 31.3 Å². The zero-order valence-electron chi connectivity index (χ0n) is 8.92. The van der Waals surface area contributed by atoms with Crippen LogP contribution in [0.3, 0.4) is 0 Å². The fraction of sp³-hybridized carbons (Fsp3) is 0.250. The van der Waals surface area contributed by atoms with Gasteiger partial charge in [0.25, 0.3) is 0 Å². The summed E-state index contributed by atoms with van der Waals surface area (Å²) in [7, 11) is 1.89. The molecule has 0 aliphatic rings. The second-order valence-electron chi connectivity index (χ2n) is 3.27. The van der Waals surface area contributed by atoms with E-state index >= 15 is 0 Å². The van der Waals surface area contributed by atoms with Crippen LogP contribution < -0.4 is 10.6 Å². The lowest BCUT2D eigenvalue weighted by Gasteiger charge is -2.06. The predicted molar refractivity (Wildman–Crippen MR) is 62.6 cm³/mol. The monoisotopic (exact) mass is 204 g/mol. The van der Waals surface area contributed by atoms with Crippen molar-refractivity contribution >= 4 is 11.6 Å². The summed E-state index contributed by atoms with van der Waals surface area (Å²) in [5.74, 6) is -0.0355. The van der Waals surface area contributed by atoms with Gasteiger partial charge in [0.1, 0.15) is 0 Å². The van der Waals surface area contributed by atoms with Crippen LogP contribution in [-0.2, 0) is 11.3 Å². The van der Waals surface area contributed by atoms with Gasteiger partial charge in [-0.3, -0.25) is 4.79 Å². The first-order valence-electron chi connectivity index (χ1n) is 4.90. The topological polar surface area (TPSA) is 41.1 Å². The second kappa shape index (κ2) is 5.98. The third-order valence-corrected chi connectivity index (χ3v) is 1.92. The van der Waals surface area contributed by atoms with Gasteiger partial charge in [0, 0.05) is 18.7 Å². The summed E-state index contributed by atoms with van der Waals surface area (Å²) in [5, 5.41) is 5.86. The lowest BCUT2D eigenvalue weighted by atomic mass is 10.2. The number of benzene rings is 1. The van der Waals surface area contributed by atoms with Gasteiger partial charge in [-0.05, 0) is 24.7 Å². The molecule has 1 amide bonds. The van der Waals surface area contributed by atoms with Gasteiger partial charge in [0.05, 0.1) is 0 Å². The molecule has 0 saturated carbocycles. The second-order valence-corrected chi connectivity index (χ2v) is 3.27. The Labute approximate surface area is 90.2 Å². The third kappa shape index (κ3) is 3.95. The SMILES string of the molecule is C=CCC(=O)Nc1cccc(CNC)c1. The van der Waals surface area contributed by atoms with Gasteiger partial charge in [-0.25, -0.2) is 0 Å². The number of hydrogen-bond acceptors (Lipinski definition) is 2. The highest BCUT2D eigenvalue weighted by Crippen LogP contribution is 2.10. The van der Waals surface area contributed by atoms with Crippen LogP contribution in [0.15, 0.2) is 36.9 Å². The zero-order chi connectivity index (χ0) is 11.1. The van der Waals surface area contributed by atoms with Crippen molar-refractivity contribution in [3.05, 3.63) is 42.5 Å². The summed E-state index contributed by atoms with van der Waals surface area (Å²) in [4.78, 5) is 11.3. The molecule has 0 heterocycles. The molecule has 0 fully saturated rings. The van der Waals surface area contributed by atoms with E-state index in [2.05, 4.69) is 17.2 Å². The predicted octanol–water partition coefficient (Wildman–Crippen LogP) is 1.92. The van der Waals surface area contributed by atoms with Crippen LogP contribution in [0.5, 0.6) is 0 Å². The minimum Gasteiger partial charge on any atom is -0.326 e. The largest absolute Gasteiger partial charge is 0.326 e. The molecule has 0 bridgehead atoms. The van der Waals surface area contributed by atoms with E-state index in [1.165, 1.54) is 0 Å². The molecule has 0 saturated heterocycles. The standard InChI is InChI=1S/C12H16N2O/c1-3-5-12(15)14-11-7-4-6-10(8-11)9-13-2/h3-4,6-8,13H,1,5,9H2,2H3,(H,14,15). The van der Waals surface area contributed by atoms with Crippen LogP contribution in [0.25, 0.3) is 0 Å². The summed E-state index contributed by atoms with van der Waals surface area (Å²) in [6.45, 7) is 4.32. The van der Waals surface area contributed by atoms with Crippen LogP contribution >= 0.6 is 0 Å². The number of anilines is 1. The number of carbonyl (C=O) groups excluding carboxylic acids is 1. The Morgan fingerprint density at radius 2 is 2.33 bits per heavy atom. The van der Waals surface area contributed by atoms with Gasteiger partial charge in [-0.2, -0.15) is 0 Å². The summed E-state index contributed by atoms with van der Waals surface area (Å²) in [5.41, 5.74) is 1.98. The molecule has 2 N–H and O–H groups in total. The number of nitrogens with one attached hydrogen (secondary N) is 2. The van der Waals surface area contributed by atoms with Crippen molar-refractivity contribution in [3.63, 3.8) is 0 Å². The zero-order valence-corrected chi connectivity index (χ0v) is 8.92. The maximum Gasteiger partial charge on any atom is 0.228 e. The molecule has 3 heteroatoms. The highest BCUT2D eigenvalue weighted by molar-refractivity contribution is 5.91. The van der Waals surface area contributed by atoms with Crippen molar-refractivity contribution in [2.24, 2.45) is 0 Å². The molecule has 3 nitrogen and oxygen atoms in total. The third-order valence-electron chi connectivity index (χ3n) is 1.92. The van der Waals surface area contributed by atoms with Crippen LogP contribution in [-0.4, -0.2) is 13.0 Å². The van der Waals surface area contributed by atoms with Gasteiger partial charge >= 0.3 is 0 Å². The molecule has 1 rings (SSSR count). The van der Waals surface area contributed by atoms with Crippen molar-refractivity contribution in [1.29, 1.82) is 0 Å². The number of hydrogen-bond donors (Lipinski definition) is 2. The molecule has 0 radical (unpaired) electrons. The fourth-order valence-electron chi connectivity index (χ4n) is 1.31. The molecule has 1 aromatic rings. The Hall–Kier alpha value is -1.61. The molecule has 0 aromatic heterocycles. The smallest absolute Gasteiger partial charge is 0.228 e. The minimum atomic E-state index is -0.0355. The van der Waals surface area contributed by atoms with Crippen molar-refractivity contribution in [2.75, 3.05) is 12.4 Å². The average Bonchev–Trinajstić information content (AvgIpc) is 2.19. The molecule has 15 heavy (non-hydrogen) atoms. The van der Waals surface area contributed by atoms with Crippen molar-refractivity contribution < 1.29 is 4.79 Å². The summed E-state index contributed by atoms with van der Waals surface area (Å²) in [6.07, 6.45) is 1.93. The van der Waals surface area contributed by atoms with Crippen LogP contribution in [0, 0.1) is 0 Å². The van der Waals surface area contributed by atoms with E-state index in [4.69, 9.17) is 0 Å². The van der Waals surface area contributed by atoms with Gasteiger partial charge in [-0.15, -0.1) is 6.58 Å². The van der Waals surface area contributed by atoms with E-state index in [0.29, 0.717) is 6.42 Å². The molecule has 0 aliphatic heterocycles. The molecular formula is C12H16N2O. The first-order valence-corrected chi connectivity index (χ1v) is 4.90. The first-order chi connectivity index (χ1) is 7.26. The summed E-state index contributed by atoms with van der Waals surface area (Å²) >= 11 is 0. The Bertz CT molecular complexity index is 347. The Morgan fingerprint density at radius 1 is 1.53 bits per heavy atom. The van der Waals surface area contributed by atoms with E-state index in [9.17, 15) is 4.79 Å². The quantitative estimate of drug-likeness (QED) is 0.719. The number of amides is 1. The van der Waals surface area contributed by atoms with E-state index in [1.54, 1.807) is 6.08 Å². The Kier molecular flexibility index (Phi) is 4.57. The number of carbonyl (C=O) groups is 1. The molecule has 0 spiro atoms. The fourth-order valence-corrected chi connectivity index (χ4v) is 1.31. The molecule has 0 atom stereocenters. The van der Waals surface area contributed by atoms with E-state index in [-0.39, 0.29) is 5.91 Å². The van der Waals surface area contributed by atoms with Crippen LogP contribution in [0.4, 0.5) is 5.69 Å². The van der Waals surface area contributed by atoms with Crippen molar-refractivity contribution in [1.82, 2.24) is 5.32 Å². The van der Waals surface area contributed by atoms with Crippen molar-refractivity contribution in [3.8, 4) is 0 Å². The van der Waals surface area contributed by atoms with Gasteiger partial charge in [-0.1, -0.05) is 18.2 Å². The molecular weight excluding hydrogens is 188 g/mol. The molecule has 0 unspecified atom stereocenters. The first kappa shape index (κ1) is 11.5. The maximum atomic E-state index is 11.3. The van der Waals surface area contributed by atoms with E-state index in [0.717, 1.165) is 17.8 Å². The normalized spacial score (nSPS) is 9.67. The van der Waals surface area contributed by atoms with Gasteiger partial charge < -0.3 is 10.6 Å². The maximum absolute atomic E-state index is 11.3. The van der Waals surface area contributed by atoms with Gasteiger partial charge in [0.15, 0.2) is 0 Å². The Morgan fingerprint density at radius 3 is 3.00 bits per heavy atom. The van der Waals surface area contributed by atoms with Crippen LogP contribution in [0.2, 0.25) is 0 Å². The highest BCUT2D eigenvalue weighted by atomic mass is 16.1. The van der Waals surface area contributed by atoms with E-state index < -0.39 is 0 Å². The lowest BCUT2D eigenvalue weighted by Crippen LogP contribution is -2.11. The molecule has 1 aromatic carbocycles. The number of rotatable bonds is 5. The van der Waals surface area contributed by atoms with Crippen molar-refractivity contribution in [2.45, 2.75) is 13.0 Å². The Balaban J connectivity index is 2.64. The molecule has 0 aliphatic carbocycles. The summed E-state index contributed by atoms with van der Waals surface area (Å²) < 4.78 is 0. The highest BCUT2D eigenvalue weighted by Gasteiger charge is 1.99. The summed E-state index contributed by atoms with van der Waals surface area (Å²) in [6, 6.07) is 7.77. The van der Waals surface area contributed by atoms with Crippen LogP contribution in [0.1, 0.15) is 12.0 Å². The molecule has 80 valence electrons. The lowest BCUT2D eigenvalue weighted by molar-refractivity contribution is -0.115. The minimum absolute atomic E-state index is 0.0355.